The van der Waals surface area contributed by atoms with Gasteiger partial charge < -0.3 is 10.5 Å². The van der Waals surface area contributed by atoms with Gasteiger partial charge in [0.25, 0.3) is 0 Å². The minimum absolute atomic E-state index is 0.624. The van der Waals surface area contributed by atoms with E-state index in [0.29, 0.717) is 19.2 Å². The second-order valence-electron chi connectivity index (χ2n) is 5.49. The predicted molar refractivity (Wildman–Crippen MR) is 73.2 cm³/mol. The van der Waals surface area contributed by atoms with Crippen LogP contribution in [0.4, 0.5) is 0 Å². The van der Waals surface area contributed by atoms with E-state index in [1.54, 1.807) is 0 Å². The molecule has 0 bridgehead atoms. The molecule has 0 heterocycles. The Balaban J connectivity index is 2.21. The van der Waals surface area contributed by atoms with Gasteiger partial charge in [-0.15, -0.1) is 0 Å². The molecule has 102 valence electrons. The van der Waals surface area contributed by atoms with Crippen molar-refractivity contribution in [3.05, 3.63) is 0 Å². The van der Waals surface area contributed by atoms with Crippen LogP contribution in [0, 0.1) is 5.92 Å². The van der Waals surface area contributed by atoms with E-state index in [-0.39, 0.29) is 0 Å². The number of ether oxygens (including phenoxy) is 1. The normalized spacial score (nSPS) is 18.2. The first-order valence-electron chi connectivity index (χ1n) is 7.26. The lowest BCUT2D eigenvalue weighted by Gasteiger charge is -2.32. The van der Waals surface area contributed by atoms with E-state index in [2.05, 4.69) is 18.7 Å². The fraction of sp³-hybridized carbons (Fsp3) is 1.00. The third-order valence-electron chi connectivity index (χ3n) is 3.73. The molecule has 0 aromatic rings. The Kier molecular flexibility index (Phi) is 7.82. The van der Waals surface area contributed by atoms with Gasteiger partial charge >= 0.3 is 0 Å². The second kappa shape index (κ2) is 8.90. The van der Waals surface area contributed by atoms with Crippen molar-refractivity contribution in [3.8, 4) is 0 Å². The van der Waals surface area contributed by atoms with Crippen molar-refractivity contribution >= 4 is 0 Å². The molecule has 1 rings (SSSR count). The third-order valence-corrected chi connectivity index (χ3v) is 3.73. The Hall–Kier alpha value is -0.120. The SMILES string of the molecule is CC(C)N(CCOCCN)CC1CCCCC1. The minimum Gasteiger partial charge on any atom is -0.379 e. The molecule has 0 unspecified atom stereocenters. The van der Waals surface area contributed by atoms with Gasteiger partial charge in [0.15, 0.2) is 0 Å². The average molecular weight is 242 g/mol. The molecule has 1 aliphatic rings. The molecule has 3 heteroatoms. The summed E-state index contributed by atoms with van der Waals surface area (Å²) >= 11 is 0. The molecule has 1 fully saturated rings. The largest absolute Gasteiger partial charge is 0.379 e. The summed E-state index contributed by atoms with van der Waals surface area (Å²) in [5.41, 5.74) is 5.42. The van der Waals surface area contributed by atoms with Crippen molar-refractivity contribution in [3.63, 3.8) is 0 Å². The Morgan fingerprint density at radius 2 is 1.88 bits per heavy atom. The van der Waals surface area contributed by atoms with Crippen LogP contribution in [0.15, 0.2) is 0 Å². The van der Waals surface area contributed by atoms with E-state index in [1.807, 2.05) is 0 Å². The average Bonchev–Trinajstić information content (AvgIpc) is 2.34. The quantitative estimate of drug-likeness (QED) is 0.664. The Morgan fingerprint density at radius 3 is 2.47 bits per heavy atom. The van der Waals surface area contributed by atoms with Crippen molar-refractivity contribution in [1.82, 2.24) is 4.90 Å². The summed E-state index contributed by atoms with van der Waals surface area (Å²) in [5, 5.41) is 0. The fourth-order valence-electron chi connectivity index (χ4n) is 2.63. The van der Waals surface area contributed by atoms with Crippen molar-refractivity contribution in [2.75, 3.05) is 32.8 Å². The maximum atomic E-state index is 5.49. The third kappa shape index (κ3) is 6.39. The van der Waals surface area contributed by atoms with Crippen LogP contribution in [0.25, 0.3) is 0 Å². The zero-order valence-electron chi connectivity index (χ0n) is 11.7. The molecule has 0 aromatic heterocycles. The van der Waals surface area contributed by atoms with Gasteiger partial charge in [-0.2, -0.15) is 0 Å². The molecule has 1 aliphatic carbocycles. The highest BCUT2D eigenvalue weighted by Gasteiger charge is 2.18. The molecule has 1 saturated carbocycles. The van der Waals surface area contributed by atoms with Crippen molar-refractivity contribution in [1.29, 1.82) is 0 Å². The van der Waals surface area contributed by atoms with E-state index in [9.17, 15) is 0 Å². The van der Waals surface area contributed by atoms with Crippen LogP contribution in [0.3, 0.4) is 0 Å². The van der Waals surface area contributed by atoms with Gasteiger partial charge in [0, 0.05) is 25.7 Å². The number of hydrogen-bond donors (Lipinski definition) is 1. The van der Waals surface area contributed by atoms with E-state index < -0.39 is 0 Å². The molecule has 17 heavy (non-hydrogen) atoms. The monoisotopic (exact) mass is 242 g/mol. The Bertz CT molecular complexity index is 179. The van der Waals surface area contributed by atoms with Crippen LogP contribution in [0.1, 0.15) is 46.0 Å². The first kappa shape index (κ1) is 14.9. The lowest BCUT2D eigenvalue weighted by Crippen LogP contribution is -2.38. The number of rotatable bonds is 8. The summed E-state index contributed by atoms with van der Waals surface area (Å²) in [6.07, 6.45) is 7.15. The van der Waals surface area contributed by atoms with Crippen LogP contribution in [-0.2, 0) is 4.74 Å². The lowest BCUT2D eigenvalue weighted by atomic mass is 9.88. The summed E-state index contributed by atoms with van der Waals surface area (Å²) in [4.78, 5) is 2.56. The van der Waals surface area contributed by atoms with Crippen LogP contribution in [0.5, 0.6) is 0 Å². The summed E-state index contributed by atoms with van der Waals surface area (Å²) in [5.74, 6) is 0.917. The highest BCUT2D eigenvalue weighted by Crippen LogP contribution is 2.24. The molecule has 0 radical (unpaired) electrons. The molecule has 0 saturated heterocycles. The standard InChI is InChI=1S/C14H30N2O/c1-13(2)16(9-11-17-10-8-15)12-14-6-4-3-5-7-14/h13-14H,3-12,15H2,1-2H3. The number of nitrogens with zero attached hydrogens (tertiary/aromatic N) is 1. The van der Waals surface area contributed by atoms with Crippen molar-refractivity contribution in [2.45, 2.75) is 52.0 Å². The van der Waals surface area contributed by atoms with Crippen molar-refractivity contribution in [2.24, 2.45) is 11.7 Å². The van der Waals surface area contributed by atoms with Gasteiger partial charge in [-0.1, -0.05) is 19.3 Å². The van der Waals surface area contributed by atoms with E-state index >= 15 is 0 Å². The molecule has 0 amide bonds. The maximum absolute atomic E-state index is 5.49. The smallest absolute Gasteiger partial charge is 0.0594 e. The van der Waals surface area contributed by atoms with Gasteiger partial charge in [0.2, 0.25) is 0 Å². The molecule has 0 spiro atoms. The van der Waals surface area contributed by atoms with Crippen molar-refractivity contribution < 1.29 is 4.74 Å². The van der Waals surface area contributed by atoms with Crippen LogP contribution in [-0.4, -0.2) is 43.8 Å². The van der Waals surface area contributed by atoms with Gasteiger partial charge in [-0.3, -0.25) is 4.90 Å². The zero-order valence-corrected chi connectivity index (χ0v) is 11.7. The zero-order chi connectivity index (χ0) is 12.5. The van der Waals surface area contributed by atoms with E-state index in [4.69, 9.17) is 10.5 Å². The summed E-state index contributed by atoms with van der Waals surface area (Å²) in [7, 11) is 0. The Labute approximate surface area is 107 Å². The Morgan fingerprint density at radius 1 is 1.18 bits per heavy atom. The molecular formula is C14H30N2O. The van der Waals surface area contributed by atoms with Crippen LogP contribution in [0.2, 0.25) is 0 Å². The van der Waals surface area contributed by atoms with Gasteiger partial charge in [-0.05, 0) is 32.6 Å². The fourth-order valence-corrected chi connectivity index (χ4v) is 2.63. The second-order valence-corrected chi connectivity index (χ2v) is 5.49. The van der Waals surface area contributed by atoms with E-state index in [0.717, 1.165) is 19.1 Å². The van der Waals surface area contributed by atoms with Crippen LogP contribution >= 0.6 is 0 Å². The first-order valence-corrected chi connectivity index (χ1v) is 7.26. The minimum atomic E-state index is 0.624. The lowest BCUT2D eigenvalue weighted by molar-refractivity contribution is 0.0845. The number of nitrogens with two attached hydrogens (primary N) is 1. The molecule has 0 aromatic carbocycles. The summed E-state index contributed by atoms with van der Waals surface area (Å²) in [6.45, 7) is 9.01. The summed E-state index contributed by atoms with van der Waals surface area (Å²) in [6, 6.07) is 0.624. The van der Waals surface area contributed by atoms with Crippen LogP contribution < -0.4 is 5.73 Å². The molecule has 3 nitrogen and oxygen atoms in total. The van der Waals surface area contributed by atoms with Gasteiger partial charge in [-0.25, -0.2) is 0 Å². The highest BCUT2D eigenvalue weighted by molar-refractivity contribution is 4.72. The predicted octanol–water partition coefficient (Wildman–Crippen LogP) is 2.25. The molecule has 0 aliphatic heterocycles. The molecule has 2 N–H and O–H groups in total. The highest BCUT2D eigenvalue weighted by atomic mass is 16.5. The first-order chi connectivity index (χ1) is 8.24. The maximum Gasteiger partial charge on any atom is 0.0594 e. The van der Waals surface area contributed by atoms with E-state index in [1.165, 1.54) is 38.6 Å². The topological polar surface area (TPSA) is 38.5 Å². The molecule has 0 atom stereocenters. The summed E-state index contributed by atoms with van der Waals surface area (Å²) < 4.78 is 5.49. The number of hydrogen-bond acceptors (Lipinski definition) is 3. The van der Waals surface area contributed by atoms with Gasteiger partial charge in [0.05, 0.1) is 13.2 Å². The molecular weight excluding hydrogens is 212 g/mol. The van der Waals surface area contributed by atoms with Gasteiger partial charge in [0.1, 0.15) is 0 Å².